The van der Waals surface area contributed by atoms with Crippen LogP contribution in [0.2, 0.25) is 0 Å². The quantitative estimate of drug-likeness (QED) is 0.772. The molecule has 15 heavy (non-hydrogen) atoms. The first-order chi connectivity index (χ1) is 7.24. The smallest absolute Gasteiger partial charge is 0.175 e. The second-order valence-electron chi connectivity index (χ2n) is 3.31. The van der Waals surface area contributed by atoms with Crippen molar-refractivity contribution in [1.29, 1.82) is 0 Å². The van der Waals surface area contributed by atoms with Gasteiger partial charge in [-0.25, -0.2) is 15.0 Å². The van der Waals surface area contributed by atoms with Crippen molar-refractivity contribution in [2.45, 2.75) is 31.0 Å². The Hall–Kier alpha value is -0.680. The summed E-state index contributed by atoms with van der Waals surface area (Å²) in [4.78, 5) is 13.4. The van der Waals surface area contributed by atoms with E-state index >= 15 is 0 Å². The summed E-state index contributed by atoms with van der Waals surface area (Å²) < 4.78 is 2.19. The Morgan fingerprint density at radius 2 is 2.07 bits per heavy atom. The third-order valence-electron chi connectivity index (χ3n) is 2.10. The highest BCUT2D eigenvalue weighted by atomic mass is 32.2. The molecule has 0 N–H and O–H groups in total. The summed E-state index contributed by atoms with van der Waals surface area (Å²) in [5.74, 6) is 0.917. The van der Waals surface area contributed by atoms with Crippen LogP contribution in [0.15, 0.2) is 4.34 Å². The molecule has 0 aliphatic heterocycles. The minimum absolute atomic E-state index is 0.861. The number of fused-ring (bicyclic) bond motifs is 1. The van der Waals surface area contributed by atoms with E-state index in [0.717, 1.165) is 39.0 Å². The molecular weight excluding hydrogens is 226 g/mol. The molecule has 80 valence electrons. The molecule has 3 nitrogen and oxygen atoms in total. The maximum Gasteiger partial charge on any atom is 0.175 e. The number of aromatic nitrogens is 3. The van der Waals surface area contributed by atoms with Gasteiger partial charge in [0.05, 0.1) is 10.4 Å². The normalized spacial score (nSPS) is 11.1. The minimum Gasteiger partial charge on any atom is -0.237 e. The molecule has 2 aromatic heterocycles. The Balaban J connectivity index is 2.54. The van der Waals surface area contributed by atoms with Gasteiger partial charge in [0.2, 0.25) is 0 Å². The van der Waals surface area contributed by atoms with Gasteiger partial charge < -0.3 is 0 Å². The van der Waals surface area contributed by atoms with Crippen LogP contribution >= 0.6 is 23.1 Å². The van der Waals surface area contributed by atoms with E-state index in [1.54, 1.807) is 23.1 Å². The molecular formula is C10H13N3S2. The van der Waals surface area contributed by atoms with E-state index in [0.29, 0.717) is 0 Å². The van der Waals surface area contributed by atoms with E-state index in [4.69, 9.17) is 0 Å². The van der Waals surface area contributed by atoms with Gasteiger partial charge in [-0.1, -0.05) is 18.7 Å². The van der Waals surface area contributed by atoms with E-state index in [9.17, 15) is 0 Å². The number of hydrogen-bond acceptors (Lipinski definition) is 5. The number of rotatable bonds is 3. The van der Waals surface area contributed by atoms with Gasteiger partial charge in [-0.05, 0) is 19.6 Å². The molecule has 0 bridgehead atoms. The lowest BCUT2D eigenvalue weighted by Crippen LogP contribution is -1.96. The summed E-state index contributed by atoms with van der Waals surface area (Å²) in [6.07, 6.45) is 4.04. The zero-order valence-electron chi connectivity index (χ0n) is 9.07. The van der Waals surface area contributed by atoms with Crippen LogP contribution < -0.4 is 0 Å². The van der Waals surface area contributed by atoms with Crippen LogP contribution in [0.25, 0.3) is 10.3 Å². The molecule has 0 radical (unpaired) electrons. The fraction of sp³-hybridized carbons (Fsp3) is 0.500. The molecule has 5 heteroatoms. The molecule has 0 aromatic carbocycles. The van der Waals surface area contributed by atoms with Crippen molar-refractivity contribution >= 4 is 33.4 Å². The SMILES string of the molecule is CCCc1nc(C)c2sc(SC)nc2n1. The number of nitrogens with zero attached hydrogens (tertiary/aromatic N) is 3. The lowest BCUT2D eigenvalue weighted by atomic mass is 10.3. The average Bonchev–Trinajstić information content (AvgIpc) is 2.62. The highest BCUT2D eigenvalue weighted by molar-refractivity contribution is 8.00. The van der Waals surface area contributed by atoms with Gasteiger partial charge in [-0.15, -0.1) is 11.3 Å². The molecule has 2 aromatic rings. The predicted molar refractivity (Wildman–Crippen MR) is 65.7 cm³/mol. The van der Waals surface area contributed by atoms with Crippen molar-refractivity contribution in [2.75, 3.05) is 6.26 Å². The van der Waals surface area contributed by atoms with Crippen molar-refractivity contribution in [3.63, 3.8) is 0 Å². The summed E-state index contributed by atoms with van der Waals surface area (Å²) in [7, 11) is 0. The lowest BCUT2D eigenvalue weighted by molar-refractivity contribution is 0.834. The fourth-order valence-electron chi connectivity index (χ4n) is 1.42. The summed E-state index contributed by atoms with van der Waals surface area (Å²) in [5, 5.41) is 0. The van der Waals surface area contributed by atoms with Gasteiger partial charge in [-0.2, -0.15) is 0 Å². The first-order valence-corrected chi connectivity index (χ1v) is 6.96. The van der Waals surface area contributed by atoms with Crippen molar-refractivity contribution in [3.05, 3.63) is 11.5 Å². The lowest BCUT2D eigenvalue weighted by Gasteiger charge is -1.98. The third-order valence-corrected chi connectivity index (χ3v) is 4.24. The Labute approximate surface area is 97.4 Å². The first kappa shape index (κ1) is 10.8. The van der Waals surface area contributed by atoms with Crippen molar-refractivity contribution < 1.29 is 0 Å². The Morgan fingerprint density at radius 3 is 2.73 bits per heavy atom. The van der Waals surface area contributed by atoms with Crippen molar-refractivity contribution in [1.82, 2.24) is 15.0 Å². The van der Waals surface area contributed by atoms with E-state index < -0.39 is 0 Å². The molecule has 0 saturated heterocycles. The molecule has 0 saturated carbocycles. The van der Waals surface area contributed by atoms with Gasteiger partial charge in [0.1, 0.15) is 5.82 Å². The highest BCUT2D eigenvalue weighted by Gasteiger charge is 2.09. The summed E-state index contributed by atoms with van der Waals surface area (Å²) in [5.41, 5.74) is 1.92. The van der Waals surface area contributed by atoms with Crippen molar-refractivity contribution in [2.24, 2.45) is 0 Å². The first-order valence-electron chi connectivity index (χ1n) is 4.92. The Bertz CT molecular complexity index is 479. The Morgan fingerprint density at radius 1 is 1.27 bits per heavy atom. The molecule has 0 amide bonds. The van der Waals surface area contributed by atoms with Crippen LogP contribution in [0.1, 0.15) is 24.9 Å². The van der Waals surface area contributed by atoms with Crippen molar-refractivity contribution in [3.8, 4) is 0 Å². The molecule has 2 heterocycles. The summed E-state index contributed by atoms with van der Waals surface area (Å²) >= 11 is 3.34. The largest absolute Gasteiger partial charge is 0.237 e. The van der Waals surface area contributed by atoms with Gasteiger partial charge in [0, 0.05) is 6.42 Å². The third kappa shape index (κ3) is 2.13. The molecule has 0 fully saturated rings. The zero-order chi connectivity index (χ0) is 10.8. The number of aryl methyl sites for hydroxylation is 2. The van der Waals surface area contributed by atoms with E-state index in [1.165, 1.54) is 0 Å². The van der Waals surface area contributed by atoms with E-state index in [-0.39, 0.29) is 0 Å². The summed E-state index contributed by atoms with van der Waals surface area (Å²) in [6.45, 7) is 4.17. The maximum absolute atomic E-state index is 4.49. The monoisotopic (exact) mass is 239 g/mol. The Kier molecular flexibility index (Phi) is 3.21. The standard InChI is InChI=1S/C10H13N3S2/c1-4-5-7-11-6(2)8-9(12-7)13-10(14-3)15-8/h4-5H2,1-3H3. The molecule has 0 aliphatic carbocycles. The van der Waals surface area contributed by atoms with Crippen LogP contribution in [-0.2, 0) is 6.42 Å². The molecule has 2 rings (SSSR count). The zero-order valence-corrected chi connectivity index (χ0v) is 10.7. The molecule has 0 aliphatic rings. The predicted octanol–water partition coefficient (Wildman–Crippen LogP) is 3.07. The van der Waals surface area contributed by atoms with Gasteiger partial charge in [0.15, 0.2) is 9.99 Å². The second-order valence-corrected chi connectivity index (χ2v) is 5.36. The molecule has 0 unspecified atom stereocenters. The number of hydrogen-bond donors (Lipinski definition) is 0. The van der Waals surface area contributed by atoms with E-state index in [1.807, 2.05) is 13.2 Å². The fourth-order valence-corrected chi connectivity index (χ4v) is 2.86. The maximum atomic E-state index is 4.49. The molecule has 0 spiro atoms. The van der Waals surface area contributed by atoms with Crippen LogP contribution in [0.3, 0.4) is 0 Å². The molecule has 0 atom stereocenters. The van der Waals surface area contributed by atoms with Gasteiger partial charge >= 0.3 is 0 Å². The number of thioether (sulfide) groups is 1. The highest BCUT2D eigenvalue weighted by Crippen LogP contribution is 2.28. The minimum atomic E-state index is 0.861. The van der Waals surface area contributed by atoms with E-state index in [2.05, 4.69) is 21.9 Å². The van der Waals surface area contributed by atoms with Gasteiger partial charge in [0.25, 0.3) is 0 Å². The van der Waals surface area contributed by atoms with Crippen LogP contribution in [0, 0.1) is 6.92 Å². The second kappa shape index (κ2) is 4.45. The average molecular weight is 239 g/mol. The van der Waals surface area contributed by atoms with Crippen LogP contribution in [0.4, 0.5) is 0 Å². The topological polar surface area (TPSA) is 38.7 Å². The van der Waals surface area contributed by atoms with Crippen LogP contribution in [-0.4, -0.2) is 21.2 Å². The van der Waals surface area contributed by atoms with Crippen LogP contribution in [0.5, 0.6) is 0 Å². The van der Waals surface area contributed by atoms with Gasteiger partial charge in [-0.3, -0.25) is 0 Å². The summed E-state index contributed by atoms with van der Waals surface area (Å²) in [6, 6.07) is 0. The number of thiazole rings is 1.